The number of nitrogens with zero attached hydrogens (tertiary/aromatic N) is 1. The molecule has 0 unspecified atom stereocenters. The molecule has 0 aliphatic rings. The highest BCUT2D eigenvalue weighted by Crippen LogP contribution is 2.26. The summed E-state index contributed by atoms with van der Waals surface area (Å²) in [6.07, 6.45) is 1.65. The molecule has 0 atom stereocenters. The lowest BCUT2D eigenvalue weighted by Crippen LogP contribution is -2.14. The van der Waals surface area contributed by atoms with Crippen molar-refractivity contribution in [2.24, 2.45) is 0 Å². The molecule has 1 heterocycles. The van der Waals surface area contributed by atoms with E-state index in [4.69, 9.17) is 4.74 Å². The first-order valence-corrected chi connectivity index (χ1v) is 8.72. The van der Waals surface area contributed by atoms with Crippen LogP contribution in [0.3, 0.4) is 0 Å². The van der Waals surface area contributed by atoms with Crippen LogP contribution in [0.1, 0.15) is 27.2 Å². The van der Waals surface area contributed by atoms with Crippen molar-refractivity contribution in [3.05, 3.63) is 77.1 Å². The van der Waals surface area contributed by atoms with Crippen LogP contribution in [0.15, 0.2) is 54.7 Å². The molecule has 0 spiro atoms. The fourth-order valence-electron chi connectivity index (χ4n) is 2.69. The molecule has 2 N–H and O–H groups in total. The van der Waals surface area contributed by atoms with E-state index in [1.165, 1.54) is 11.1 Å². The minimum Gasteiger partial charge on any atom is -0.495 e. The Bertz CT molecular complexity index is 966. The van der Waals surface area contributed by atoms with Gasteiger partial charge in [-0.3, -0.25) is 4.79 Å². The van der Waals surface area contributed by atoms with Crippen LogP contribution >= 0.6 is 0 Å². The van der Waals surface area contributed by atoms with E-state index >= 15 is 0 Å². The molecule has 3 aromatic rings. The molecule has 5 heteroatoms. The zero-order valence-electron chi connectivity index (χ0n) is 16.0. The molecule has 0 bridgehead atoms. The summed E-state index contributed by atoms with van der Waals surface area (Å²) in [5, 5.41) is 6.15. The number of hydrogen-bond donors (Lipinski definition) is 2. The minimum absolute atomic E-state index is 0.281. The largest absolute Gasteiger partial charge is 0.495 e. The Labute approximate surface area is 159 Å². The second kappa shape index (κ2) is 7.91. The van der Waals surface area contributed by atoms with E-state index in [9.17, 15) is 4.79 Å². The number of pyridine rings is 1. The Hall–Kier alpha value is -3.34. The van der Waals surface area contributed by atoms with Gasteiger partial charge in [-0.15, -0.1) is 0 Å². The standard InChI is InChI=1S/C22H23N3O2/c1-14-5-10-21(27-4)20(11-14)25-22(26)19-9-8-18(13-23-19)24-17-7-6-15(2)16(3)12-17/h5-13,24H,1-4H3,(H,25,26). The van der Waals surface area contributed by atoms with Crippen LogP contribution in [-0.2, 0) is 0 Å². The highest BCUT2D eigenvalue weighted by molar-refractivity contribution is 6.03. The average molecular weight is 361 g/mol. The van der Waals surface area contributed by atoms with Gasteiger partial charge < -0.3 is 15.4 Å². The van der Waals surface area contributed by atoms with Gasteiger partial charge >= 0.3 is 0 Å². The fraction of sp³-hybridized carbons (Fsp3) is 0.182. The van der Waals surface area contributed by atoms with Gasteiger partial charge in [-0.05, 0) is 73.9 Å². The van der Waals surface area contributed by atoms with E-state index in [1.807, 2.05) is 37.3 Å². The third-order valence-corrected chi connectivity index (χ3v) is 4.39. The first kappa shape index (κ1) is 18.5. The summed E-state index contributed by atoms with van der Waals surface area (Å²) in [6.45, 7) is 6.11. The summed E-state index contributed by atoms with van der Waals surface area (Å²) in [4.78, 5) is 16.8. The first-order valence-electron chi connectivity index (χ1n) is 8.72. The zero-order chi connectivity index (χ0) is 19.4. The van der Waals surface area contributed by atoms with Crippen molar-refractivity contribution in [1.82, 2.24) is 4.98 Å². The molecule has 0 fully saturated rings. The molecule has 1 aromatic heterocycles. The Kier molecular flexibility index (Phi) is 5.41. The number of carbonyl (C=O) groups excluding carboxylic acids is 1. The topological polar surface area (TPSA) is 63.2 Å². The van der Waals surface area contributed by atoms with Gasteiger partial charge in [-0.1, -0.05) is 12.1 Å². The zero-order valence-corrected chi connectivity index (χ0v) is 16.0. The number of carbonyl (C=O) groups is 1. The lowest BCUT2D eigenvalue weighted by molar-refractivity contribution is 0.102. The molecule has 3 rings (SSSR count). The van der Waals surface area contributed by atoms with E-state index < -0.39 is 0 Å². The minimum atomic E-state index is -0.281. The lowest BCUT2D eigenvalue weighted by atomic mass is 10.1. The van der Waals surface area contributed by atoms with Crippen molar-refractivity contribution in [3.8, 4) is 5.75 Å². The van der Waals surface area contributed by atoms with Gasteiger partial charge in [-0.2, -0.15) is 0 Å². The van der Waals surface area contributed by atoms with Crippen molar-refractivity contribution in [3.63, 3.8) is 0 Å². The SMILES string of the molecule is COc1ccc(C)cc1NC(=O)c1ccc(Nc2ccc(C)c(C)c2)cn1. The molecular formula is C22H23N3O2. The molecule has 0 aliphatic carbocycles. The number of nitrogens with one attached hydrogen (secondary N) is 2. The van der Waals surface area contributed by atoms with Crippen LogP contribution in [0.25, 0.3) is 0 Å². The fourth-order valence-corrected chi connectivity index (χ4v) is 2.69. The monoisotopic (exact) mass is 361 g/mol. The number of rotatable bonds is 5. The number of aromatic nitrogens is 1. The summed E-state index contributed by atoms with van der Waals surface area (Å²) in [7, 11) is 1.58. The average Bonchev–Trinajstić information content (AvgIpc) is 2.65. The quantitative estimate of drug-likeness (QED) is 0.670. The summed E-state index contributed by atoms with van der Waals surface area (Å²) < 4.78 is 5.30. The van der Waals surface area contributed by atoms with Gasteiger partial charge in [0, 0.05) is 5.69 Å². The summed E-state index contributed by atoms with van der Waals surface area (Å²) in [5.74, 6) is 0.332. The molecule has 0 saturated heterocycles. The van der Waals surface area contributed by atoms with Crippen LogP contribution in [0.2, 0.25) is 0 Å². The number of aryl methyl sites for hydroxylation is 3. The van der Waals surface area contributed by atoms with Gasteiger partial charge in [0.2, 0.25) is 0 Å². The third-order valence-electron chi connectivity index (χ3n) is 4.39. The molecule has 1 amide bonds. The number of amides is 1. The predicted octanol–water partition coefficient (Wildman–Crippen LogP) is 5.01. The van der Waals surface area contributed by atoms with Crippen LogP contribution in [-0.4, -0.2) is 18.0 Å². The maximum absolute atomic E-state index is 12.5. The van der Waals surface area contributed by atoms with Gasteiger partial charge in [-0.25, -0.2) is 4.98 Å². The van der Waals surface area contributed by atoms with Crippen molar-refractivity contribution >= 4 is 23.0 Å². The smallest absolute Gasteiger partial charge is 0.274 e. The summed E-state index contributed by atoms with van der Waals surface area (Å²) in [5.41, 5.74) is 6.27. The van der Waals surface area contributed by atoms with Gasteiger partial charge in [0.05, 0.1) is 24.7 Å². The van der Waals surface area contributed by atoms with Crippen molar-refractivity contribution in [1.29, 1.82) is 0 Å². The number of methoxy groups -OCH3 is 1. The molecule has 0 radical (unpaired) electrons. The maximum Gasteiger partial charge on any atom is 0.274 e. The molecular weight excluding hydrogens is 338 g/mol. The molecule has 0 aliphatic heterocycles. The molecule has 27 heavy (non-hydrogen) atoms. The second-order valence-electron chi connectivity index (χ2n) is 6.51. The van der Waals surface area contributed by atoms with Crippen LogP contribution in [0.5, 0.6) is 5.75 Å². The Morgan fingerprint density at radius 2 is 1.70 bits per heavy atom. The number of benzene rings is 2. The van der Waals surface area contributed by atoms with E-state index in [0.717, 1.165) is 16.9 Å². The second-order valence-corrected chi connectivity index (χ2v) is 6.51. The van der Waals surface area contributed by atoms with E-state index in [0.29, 0.717) is 17.1 Å². The van der Waals surface area contributed by atoms with E-state index in [-0.39, 0.29) is 5.91 Å². The molecule has 0 saturated carbocycles. The molecule has 2 aromatic carbocycles. The van der Waals surface area contributed by atoms with Gasteiger partial charge in [0.1, 0.15) is 11.4 Å². The molecule has 5 nitrogen and oxygen atoms in total. The highest BCUT2D eigenvalue weighted by atomic mass is 16.5. The van der Waals surface area contributed by atoms with Crippen molar-refractivity contribution < 1.29 is 9.53 Å². The Balaban J connectivity index is 1.72. The normalized spacial score (nSPS) is 10.4. The summed E-state index contributed by atoms with van der Waals surface area (Å²) in [6, 6.07) is 15.3. The predicted molar refractivity (Wildman–Crippen MR) is 109 cm³/mol. The van der Waals surface area contributed by atoms with Gasteiger partial charge in [0.25, 0.3) is 5.91 Å². The summed E-state index contributed by atoms with van der Waals surface area (Å²) >= 11 is 0. The first-order chi connectivity index (χ1) is 13.0. The Morgan fingerprint density at radius 3 is 2.37 bits per heavy atom. The van der Waals surface area contributed by atoms with Crippen LogP contribution in [0, 0.1) is 20.8 Å². The van der Waals surface area contributed by atoms with Crippen LogP contribution in [0.4, 0.5) is 17.1 Å². The van der Waals surface area contributed by atoms with Crippen LogP contribution < -0.4 is 15.4 Å². The number of hydrogen-bond acceptors (Lipinski definition) is 4. The number of ether oxygens (including phenoxy) is 1. The Morgan fingerprint density at radius 1 is 0.926 bits per heavy atom. The lowest BCUT2D eigenvalue weighted by Gasteiger charge is -2.11. The van der Waals surface area contributed by atoms with E-state index in [1.54, 1.807) is 19.4 Å². The van der Waals surface area contributed by atoms with Crippen molar-refractivity contribution in [2.45, 2.75) is 20.8 Å². The number of anilines is 3. The van der Waals surface area contributed by atoms with Crippen molar-refractivity contribution in [2.75, 3.05) is 17.7 Å². The van der Waals surface area contributed by atoms with E-state index in [2.05, 4.69) is 41.6 Å². The maximum atomic E-state index is 12.5. The third kappa shape index (κ3) is 4.44. The highest BCUT2D eigenvalue weighted by Gasteiger charge is 2.11. The van der Waals surface area contributed by atoms with Gasteiger partial charge in [0.15, 0.2) is 0 Å². The molecule has 138 valence electrons.